The van der Waals surface area contributed by atoms with E-state index in [-0.39, 0.29) is 5.82 Å². The molecule has 2 heterocycles. The second-order valence-corrected chi connectivity index (χ2v) is 6.41. The Morgan fingerprint density at radius 3 is 2.70 bits per heavy atom. The molecule has 27 heavy (non-hydrogen) atoms. The maximum atomic E-state index is 14.4. The van der Waals surface area contributed by atoms with E-state index in [0.29, 0.717) is 23.8 Å². The van der Waals surface area contributed by atoms with Crippen LogP contribution in [0.3, 0.4) is 0 Å². The number of nitrogens with one attached hydrogen (secondary N) is 1. The van der Waals surface area contributed by atoms with Gasteiger partial charge in [-0.3, -0.25) is 4.98 Å². The van der Waals surface area contributed by atoms with E-state index in [4.69, 9.17) is 4.98 Å². The summed E-state index contributed by atoms with van der Waals surface area (Å²) >= 11 is 0. The molecule has 130 valence electrons. The van der Waals surface area contributed by atoms with E-state index >= 15 is 0 Å². The summed E-state index contributed by atoms with van der Waals surface area (Å²) in [6, 6.07) is 15.0. The van der Waals surface area contributed by atoms with Crippen molar-refractivity contribution in [2.45, 2.75) is 6.42 Å². The first-order chi connectivity index (χ1) is 13.3. The molecule has 0 spiro atoms. The zero-order valence-corrected chi connectivity index (χ0v) is 14.4. The molecule has 1 aliphatic carbocycles. The first-order valence-electron chi connectivity index (χ1n) is 8.71. The third kappa shape index (κ3) is 2.83. The van der Waals surface area contributed by atoms with Gasteiger partial charge in [0.2, 0.25) is 0 Å². The van der Waals surface area contributed by atoms with Crippen LogP contribution >= 0.6 is 0 Å². The van der Waals surface area contributed by atoms with Gasteiger partial charge in [-0.2, -0.15) is 0 Å². The van der Waals surface area contributed by atoms with Crippen molar-refractivity contribution in [1.82, 2.24) is 15.0 Å². The Kier molecular flexibility index (Phi) is 3.64. The minimum absolute atomic E-state index is 0.201. The van der Waals surface area contributed by atoms with Crippen molar-refractivity contribution in [3.8, 4) is 11.4 Å². The van der Waals surface area contributed by atoms with Crippen molar-refractivity contribution in [3.05, 3.63) is 83.9 Å². The highest BCUT2D eigenvalue weighted by Crippen LogP contribution is 2.31. The predicted octanol–water partition coefficient (Wildman–Crippen LogP) is 5.14. The van der Waals surface area contributed by atoms with Gasteiger partial charge in [-0.05, 0) is 53.9 Å². The molecule has 0 saturated carbocycles. The highest BCUT2D eigenvalue weighted by molar-refractivity contribution is 5.92. The summed E-state index contributed by atoms with van der Waals surface area (Å²) in [7, 11) is 0. The SMILES string of the molecule is Fc1cc(Nc2nc(-c3ccncc3)nc3ccccc23)cc2c1CC=C2. The molecule has 0 aliphatic heterocycles. The molecule has 0 amide bonds. The molecular formula is C22H15FN4. The first kappa shape index (κ1) is 15.6. The van der Waals surface area contributed by atoms with Crippen LogP contribution in [0.4, 0.5) is 15.9 Å². The summed E-state index contributed by atoms with van der Waals surface area (Å²) in [5, 5.41) is 4.17. The molecule has 5 rings (SSSR count). The van der Waals surface area contributed by atoms with E-state index in [9.17, 15) is 4.39 Å². The Labute approximate surface area is 155 Å². The van der Waals surface area contributed by atoms with Gasteiger partial charge in [0.25, 0.3) is 0 Å². The van der Waals surface area contributed by atoms with Gasteiger partial charge in [0.15, 0.2) is 5.82 Å². The molecule has 0 bridgehead atoms. The summed E-state index contributed by atoms with van der Waals surface area (Å²) in [6.45, 7) is 0. The van der Waals surface area contributed by atoms with Crippen molar-refractivity contribution in [2.24, 2.45) is 0 Å². The zero-order chi connectivity index (χ0) is 18.2. The van der Waals surface area contributed by atoms with Gasteiger partial charge in [0.05, 0.1) is 5.52 Å². The van der Waals surface area contributed by atoms with Gasteiger partial charge in [-0.15, -0.1) is 0 Å². The Balaban J connectivity index is 1.64. The number of pyridine rings is 1. The number of benzene rings is 2. The normalized spacial score (nSPS) is 12.3. The zero-order valence-electron chi connectivity index (χ0n) is 14.4. The van der Waals surface area contributed by atoms with E-state index in [1.54, 1.807) is 12.4 Å². The summed E-state index contributed by atoms with van der Waals surface area (Å²) in [6.07, 6.45) is 7.99. The van der Waals surface area contributed by atoms with E-state index < -0.39 is 0 Å². The quantitative estimate of drug-likeness (QED) is 0.553. The number of rotatable bonds is 3. The summed E-state index contributed by atoms with van der Waals surface area (Å²) in [4.78, 5) is 13.4. The number of hydrogen-bond acceptors (Lipinski definition) is 4. The van der Waals surface area contributed by atoms with Crippen LogP contribution in [-0.2, 0) is 6.42 Å². The van der Waals surface area contributed by atoms with Gasteiger partial charge in [-0.1, -0.05) is 24.3 Å². The van der Waals surface area contributed by atoms with Crippen LogP contribution in [-0.4, -0.2) is 15.0 Å². The van der Waals surface area contributed by atoms with Crippen LogP contribution in [0.2, 0.25) is 0 Å². The highest BCUT2D eigenvalue weighted by Gasteiger charge is 2.14. The Morgan fingerprint density at radius 1 is 0.963 bits per heavy atom. The lowest BCUT2D eigenvalue weighted by Gasteiger charge is -2.12. The van der Waals surface area contributed by atoms with Crippen LogP contribution in [0.25, 0.3) is 28.4 Å². The van der Waals surface area contributed by atoms with Crippen molar-refractivity contribution >= 4 is 28.5 Å². The molecular weight excluding hydrogens is 339 g/mol. The molecule has 2 aromatic heterocycles. The van der Waals surface area contributed by atoms with Crippen molar-refractivity contribution in [2.75, 3.05) is 5.32 Å². The molecule has 0 radical (unpaired) electrons. The summed E-state index contributed by atoms with van der Waals surface area (Å²) < 4.78 is 14.4. The van der Waals surface area contributed by atoms with Gasteiger partial charge in [0, 0.05) is 29.0 Å². The van der Waals surface area contributed by atoms with Crippen LogP contribution in [0.5, 0.6) is 0 Å². The molecule has 4 aromatic rings. The number of fused-ring (bicyclic) bond motifs is 2. The molecule has 0 fully saturated rings. The lowest BCUT2D eigenvalue weighted by Crippen LogP contribution is -2.01. The number of anilines is 2. The number of allylic oxidation sites excluding steroid dienone is 1. The van der Waals surface area contributed by atoms with Gasteiger partial charge >= 0.3 is 0 Å². The van der Waals surface area contributed by atoms with Gasteiger partial charge in [0.1, 0.15) is 11.6 Å². The number of halogens is 1. The second-order valence-electron chi connectivity index (χ2n) is 6.41. The first-order valence-corrected chi connectivity index (χ1v) is 8.71. The minimum atomic E-state index is -0.201. The average Bonchev–Trinajstić information content (AvgIpc) is 3.18. The molecule has 4 nitrogen and oxygen atoms in total. The number of nitrogens with zero attached hydrogens (tertiary/aromatic N) is 3. The molecule has 1 aliphatic rings. The third-order valence-corrected chi connectivity index (χ3v) is 4.65. The monoisotopic (exact) mass is 354 g/mol. The molecule has 0 unspecified atom stereocenters. The number of hydrogen-bond donors (Lipinski definition) is 1. The number of para-hydroxylation sites is 1. The van der Waals surface area contributed by atoms with Crippen LogP contribution < -0.4 is 5.32 Å². The molecule has 2 aromatic carbocycles. The Bertz CT molecular complexity index is 1190. The van der Waals surface area contributed by atoms with Crippen LogP contribution in [0.1, 0.15) is 11.1 Å². The van der Waals surface area contributed by atoms with Crippen LogP contribution in [0, 0.1) is 5.82 Å². The van der Waals surface area contributed by atoms with Crippen molar-refractivity contribution in [1.29, 1.82) is 0 Å². The fourth-order valence-electron chi connectivity index (χ4n) is 3.34. The average molecular weight is 354 g/mol. The largest absolute Gasteiger partial charge is 0.339 e. The van der Waals surface area contributed by atoms with Gasteiger partial charge in [-0.25, -0.2) is 14.4 Å². The Morgan fingerprint density at radius 2 is 1.81 bits per heavy atom. The second kappa shape index (κ2) is 6.29. The lowest BCUT2D eigenvalue weighted by molar-refractivity contribution is 0.616. The van der Waals surface area contributed by atoms with Crippen LogP contribution in [0.15, 0.2) is 67.0 Å². The molecule has 0 atom stereocenters. The summed E-state index contributed by atoms with van der Waals surface area (Å²) in [5.41, 5.74) is 4.02. The van der Waals surface area contributed by atoms with E-state index in [0.717, 1.165) is 27.6 Å². The summed E-state index contributed by atoms with van der Waals surface area (Å²) in [5.74, 6) is 1.04. The highest BCUT2D eigenvalue weighted by atomic mass is 19.1. The lowest BCUT2D eigenvalue weighted by atomic mass is 10.1. The van der Waals surface area contributed by atoms with Crippen molar-refractivity contribution < 1.29 is 4.39 Å². The minimum Gasteiger partial charge on any atom is -0.339 e. The molecule has 5 heteroatoms. The standard InChI is InChI=1S/C22H15FN4/c23-19-13-16(12-15-4-3-6-17(15)19)25-22-18-5-1-2-7-20(18)26-21(27-22)14-8-10-24-11-9-14/h1-5,7-13H,6H2,(H,25,26,27). The van der Waals surface area contributed by atoms with Gasteiger partial charge < -0.3 is 5.32 Å². The smallest absolute Gasteiger partial charge is 0.162 e. The third-order valence-electron chi connectivity index (χ3n) is 4.65. The fourth-order valence-corrected chi connectivity index (χ4v) is 3.34. The number of aromatic nitrogens is 3. The Hall–Kier alpha value is -3.60. The maximum absolute atomic E-state index is 14.4. The molecule has 0 saturated heterocycles. The van der Waals surface area contributed by atoms with E-state index in [1.165, 1.54) is 6.07 Å². The molecule has 1 N–H and O–H groups in total. The van der Waals surface area contributed by atoms with E-state index in [2.05, 4.69) is 15.3 Å². The fraction of sp³-hybridized carbons (Fsp3) is 0.0455. The van der Waals surface area contributed by atoms with Crippen molar-refractivity contribution in [3.63, 3.8) is 0 Å². The van der Waals surface area contributed by atoms with E-state index in [1.807, 2.05) is 54.6 Å². The predicted molar refractivity (Wildman–Crippen MR) is 105 cm³/mol. The topological polar surface area (TPSA) is 50.7 Å². The maximum Gasteiger partial charge on any atom is 0.162 e.